The summed E-state index contributed by atoms with van der Waals surface area (Å²) < 4.78 is 7.64. The molecule has 4 aromatic heterocycles. The Morgan fingerprint density at radius 2 is 1.07 bits per heavy atom. The van der Waals surface area contributed by atoms with Gasteiger partial charge < -0.3 is 9.13 Å². The number of hydrogen-bond donors (Lipinski definition) is 0. The van der Waals surface area contributed by atoms with Crippen LogP contribution in [0, 0.1) is 6.92 Å². The average molecular weight is 733 g/mol. The molecule has 0 spiro atoms. The van der Waals surface area contributed by atoms with Crippen molar-refractivity contribution in [2.24, 2.45) is 0 Å². The molecule has 0 saturated carbocycles. The summed E-state index contributed by atoms with van der Waals surface area (Å²) in [5.74, 6) is 0.720. The first-order valence-corrected chi connectivity index (χ1v) is 19.8. The minimum absolute atomic E-state index is 0.720. The quantitative estimate of drug-likeness (QED) is 0.181. The van der Waals surface area contributed by atoms with Crippen molar-refractivity contribution in [2.75, 3.05) is 0 Å². The lowest BCUT2D eigenvalue weighted by atomic mass is 10.0. The fraction of sp³-hybridized carbons (Fsp3) is 0.0196. The zero-order chi connectivity index (χ0) is 36.9. The maximum Gasteiger partial charge on any atom is 0.160 e. The number of para-hydroxylation sites is 4. The van der Waals surface area contributed by atoms with E-state index in [0.717, 1.165) is 50.5 Å². The van der Waals surface area contributed by atoms with Crippen LogP contribution in [0.15, 0.2) is 176 Å². The van der Waals surface area contributed by atoms with E-state index in [0.29, 0.717) is 0 Å². The van der Waals surface area contributed by atoms with E-state index in [-0.39, 0.29) is 0 Å². The minimum Gasteiger partial charge on any atom is -0.307 e. The summed E-state index contributed by atoms with van der Waals surface area (Å²) in [4.78, 5) is 10.3. The summed E-state index contributed by atoms with van der Waals surface area (Å²) in [5, 5.41) is 8.77. The highest BCUT2D eigenvalue weighted by Gasteiger charge is 2.27. The van der Waals surface area contributed by atoms with Crippen LogP contribution in [0.1, 0.15) is 5.56 Å². The van der Waals surface area contributed by atoms with Crippen LogP contribution < -0.4 is 0 Å². The van der Waals surface area contributed by atoms with E-state index in [2.05, 4.69) is 180 Å². The number of thiophene rings is 1. The van der Waals surface area contributed by atoms with Gasteiger partial charge in [0, 0.05) is 69.6 Å². The van der Waals surface area contributed by atoms with Gasteiger partial charge in [-0.1, -0.05) is 121 Å². The summed E-state index contributed by atoms with van der Waals surface area (Å²) in [5.41, 5.74) is 12.2. The molecule has 0 aliphatic rings. The molecule has 12 rings (SSSR count). The molecule has 0 saturated heterocycles. The first kappa shape index (κ1) is 31.3. The molecule has 4 nitrogen and oxygen atoms in total. The Kier molecular flexibility index (Phi) is 6.68. The normalized spacial score (nSPS) is 12.0. The van der Waals surface area contributed by atoms with Crippen LogP contribution in [0.25, 0.3) is 109 Å². The van der Waals surface area contributed by atoms with Gasteiger partial charge in [0.05, 0.1) is 33.3 Å². The number of benzene rings is 8. The molecule has 0 radical (unpaired) electrons. The number of hydrogen-bond acceptors (Lipinski definition) is 3. The van der Waals surface area contributed by atoms with Gasteiger partial charge in [0.1, 0.15) is 0 Å². The second kappa shape index (κ2) is 12.0. The number of aromatic nitrogens is 4. The van der Waals surface area contributed by atoms with Gasteiger partial charge in [0.2, 0.25) is 0 Å². The summed E-state index contributed by atoms with van der Waals surface area (Å²) in [6.45, 7) is 2.22. The zero-order valence-electron chi connectivity index (χ0n) is 30.4. The molecule has 0 unspecified atom stereocenters. The number of nitrogens with zero attached hydrogens (tertiary/aromatic N) is 4. The molecule has 0 aliphatic carbocycles. The molecule has 0 atom stereocenters. The number of fused-ring (bicyclic) bond motifs is 13. The van der Waals surface area contributed by atoms with Crippen molar-refractivity contribution < 1.29 is 0 Å². The third-order valence-corrected chi connectivity index (χ3v) is 12.6. The predicted octanol–water partition coefficient (Wildman–Crippen LogP) is 13.8. The fourth-order valence-corrected chi connectivity index (χ4v) is 10.3. The Morgan fingerprint density at radius 3 is 1.84 bits per heavy atom. The molecule has 0 aliphatic heterocycles. The van der Waals surface area contributed by atoms with Crippen molar-refractivity contribution in [3.63, 3.8) is 0 Å². The van der Waals surface area contributed by atoms with Crippen molar-refractivity contribution >= 4 is 86.0 Å². The lowest BCUT2D eigenvalue weighted by molar-refractivity contribution is 1.13. The summed E-state index contributed by atoms with van der Waals surface area (Å²) in [6.07, 6.45) is 0. The van der Waals surface area contributed by atoms with Crippen molar-refractivity contribution in [3.8, 4) is 34.0 Å². The van der Waals surface area contributed by atoms with Gasteiger partial charge in [-0.2, -0.15) is 0 Å². The van der Waals surface area contributed by atoms with Gasteiger partial charge in [-0.25, -0.2) is 9.97 Å². The SMILES string of the molecule is Cc1cc(-c2nc(-c3ccccc3)c3ccccc3n2)ccc1-n1c2ccccc2c2c3sc4ccccc4c3c3c4ccccc4n(-c4ccccc4)c3c21. The molecule has 56 heavy (non-hydrogen) atoms. The van der Waals surface area contributed by atoms with Crippen molar-refractivity contribution in [1.29, 1.82) is 0 Å². The van der Waals surface area contributed by atoms with E-state index >= 15 is 0 Å². The van der Waals surface area contributed by atoms with Gasteiger partial charge in [0.25, 0.3) is 0 Å². The third-order valence-electron chi connectivity index (χ3n) is 11.4. The van der Waals surface area contributed by atoms with Crippen molar-refractivity contribution in [1.82, 2.24) is 19.1 Å². The van der Waals surface area contributed by atoms with E-state index in [1.165, 1.54) is 63.8 Å². The van der Waals surface area contributed by atoms with Gasteiger partial charge >= 0.3 is 0 Å². The Bertz CT molecular complexity index is 3540. The average Bonchev–Trinajstić information content (AvgIpc) is 3.92. The van der Waals surface area contributed by atoms with Crippen LogP contribution in [0.5, 0.6) is 0 Å². The van der Waals surface area contributed by atoms with Crippen LogP contribution in [0.3, 0.4) is 0 Å². The molecule has 5 heteroatoms. The number of aryl methyl sites for hydroxylation is 1. The van der Waals surface area contributed by atoms with Gasteiger partial charge in [-0.05, 0) is 67.1 Å². The highest BCUT2D eigenvalue weighted by atomic mass is 32.1. The predicted molar refractivity (Wildman–Crippen MR) is 237 cm³/mol. The van der Waals surface area contributed by atoms with Crippen LogP contribution in [-0.4, -0.2) is 19.1 Å². The van der Waals surface area contributed by atoms with Crippen LogP contribution in [-0.2, 0) is 0 Å². The smallest absolute Gasteiger partial charge is 0.160 e. The molecular weight excluding hydrogens is 701 g/mol. The highest BCUT2D eigenvalue weighted by molar-refractivity contribution is 7.27. The van der Waals surface area contributed by atoms with E-state index < -0.39 is 0 Å². The van der Waals surface area contributed by atoms with Crippen LogP contribution in [0.4, 0.5) is 0 Å². The first-order valence-electron chi connectivity index (χ1n) is 19.0. The number of rotatable bonds is 4. The van der Waals surface area contributed by atoms with Crippen LogP contribution in [0.2, 0.25) is 0 Å². The molecule has 262 valence electrons. The van der Waals surface area contributed by atoms with E-state index in [1.54, 1.807) is 0 Å². The maximum absolute atomic E-state index is 5.22. The summed E-state index contributed by atoms with van der Waals surface area (Å²) in [6, 6.07) is 63.1. The molecular formula is C51H32N4S. The maximum atomic E-state index is 5.22. The third kappa shape index (κ3) is 4.40. The Morgan fingerprint density at radius 1 is 0.464 bits per heavy atom. The fourth-order valence-electron chi connectivity index (χ4n) is 9.04. The van der Waals surface area contributed by atoms with Gasteiger partial charge in [-0.3, -0.25) is 0 Å². The highest BCUT2D eigenvalue weighted by Crippen LogP contribution is 2.51. The molecule has 0 N–H and O–H groups in total. The molecule has 0 bridgehead atoms. The second-order valence-electron chi connectivity index (χ2n) is 14.6. The largest absolute Gasteiger partial charge is 0.307 e. The lowest BCUT2D eigenvalue weighted by Crippen LogP contribution is -2.01. The summed E-state index contributed by atoms with van der Waals surface area (Å²) in [7, 11) is 0. The van der Waals surface area contributed by atoms with Crippen LogP contribution >= 0.6 is 11.3 Å². The van der Waals surface area contributed by atoms with E-state index in [4.69, 9.17) is 9.97 Å². The van der Waals surface area contributed by atoms with Gasteiger partial charge in [-0.15, -0.1) is 11.3 Å². The zero-order valence-corrected chi connectivity index (χ0v) is 31.3. The molecule has 4 heterocycles. The van der Waals surface area contributed by atoms with Crippen molar-refractivity contribution in [2.45, 2.75) is 6.92 Å². The topological polar surface area (TPSA) is 35.6 Å². The van der Waals surface area contributed by atoms with E-state index in [9.17, 15) is 0 Å². The minimum atomic E-state index is 0.720. The van der Waals surface area contributed by atoms with Crippen molar-refractivity contribution in [3.05, 3.63) is 181 Å². The monoisotopic (exact) mass is 732 g/mol. The van der Waals surface area contributed by atoms with E-state index in [1.807, 2.05) is 23.5 Å². The second-order valence-corrected chi connectivity index (χ2v) is 15.6. The lowest BCUT2D eigenvalue weighted by Gasteiger charge is -2.16. The Labute approximate surface area is 326 Å². The Hall–Kier alpha value is -7.08. The first-order chi connectivity index (χ1) is 27.7. The molecule has 12 aromatic rings. The molecule has 0 fully saturated rings. The molecule has 8 aromatic carbocycles. The molecule has 0 amide bonds. The standard InChI is InChI=1S/C51H32N4S/c1-31-30-33(51-52-39-24-12-8-20-35(39)47(53-51)32-16-4-2-5-17-32)28-29-40(31)55-42-26-14-10-22-37(42)46-49(55)48-44(45-38-23-11-15-27-43(38)56-50(45)46)36-21-9-13-25-41(36)54(48)34-18-6-3-7-19-34/h2-30H,1H3. The van der Waals surface area contributed by atoms with Gasteiger partial charge in [0.15, 0.2) is 5.82 Å². The Balaban J connectivity index is 1.21. The summed E-state index contributed by atoms with van der Waals surface area (Å²) >= 11 is 1.91.